The van der Waals surface area contributed by atoms with Gasteiger partial charge >= 0.3 is 0 Å². The Labute approximate surface area is 108 Å². The first-order valence-corrected chi connectivity index (χ1v) is 6.67. The number of hydrogen-bond donors (Lipinski definition) is 0. The minimum absolute atomic E-state index is 0.0283. The molecule has 0 radical (unpaired) electrons. The molecule has 1 saturated carbocycles. The molecule has 0 N–H and O–H groups in total. The van der Waals surface area contributed by atoms with Gasteiger partial charge in [0.2, 0.25) is 0 Å². The molecule has 2 aliphatic rings. The Balaban J connectivity index is 1.87. The van der Waals surface area contributed by atoms with Crippen LogP contribution in [0.15, 0.2) is 24.3 Å². The Bertz CT molecular complexity index is 488. The second kappa shape index (κ2) is 3.45. The van der Waals surface area contributed by atoms with Gasteiger partial charge in [-0.05, 0) is 25.3 Å². The van der Waals surface area contributed by atoms with E-state index in [1.165, 1.54) is 11.1 Å². The van der Waals surface area contributed by atoms with Crippen molar-refractivity contribution in [3.63, 3.8) is 0 Å². The van der Waals surface area contributed by atoms with E-state index in [-0.39, 0.29) is 11.0 Å². The zero-order valence-electron chi connectivity index (χ0n) is 11.3. The van der Waals surface area contributed by atoms with Crippen molar-refractivity contribution < 1.29 is 9.53 Å². The molecule has 0 bridgehead atoms. The number of epoxide rings is 1. The summed E-state index contributed by atoms with van der Waals surface area (Å²) in [7, 11) is 0. The predicted molar refractivity (Wildman–Crippen MR) is 70.5 cm³/mol. The van der Waals surface area contributed by atoms with Crippen LogP contribution in [-0.4, -0.2) is 17.5 Å². The lowest BCUT2D eigenvalue weighted by Crippen LogP contribution is -2.35. The molecule has 96 valence electrons. The van der Waals surface area contributed by atoms with E-state index in [1.807, 2.05) is 0 Å². The second-order valence-electron chi connectivity index (χ2n) is 6.50. The molecule has 1 aromatic carbocycles. The fraction of sp³-hybridized carbons (Fsp3) is 0.562. The van der Waals surface area contributed by atoms with Gasteiger partial charge in [-0.25, -0.2) is 0 Å². The molecule has 3 rings (SSSR count). The monoisotopic (exact) mass is 244 g/mol. The number of benzene rings is 1. The summed E-state index contributed by atoms with van der Waals surface area (Å²) in [5.41, 5.74) is 1.74. The maximum absolute atomic E-state index is 11.5. The summed E-state index contributed by atoms with van der Waals surface area (Å²) < 4.78 is 5.96. The maximum atomic E-state index is 11.5. The Morgan fingerprint density at radius 2 is 1.89 bits per heavy atom. The first-order chi connectivity index (χ1) is 8.45. The molecule has 0 aromatic heterocycles. The lowest BCUT2D eigenvalue weighted by molar-refractivity contribution is -0.115. The van der Waals surface area contributed by atoms with Crippen LogP contribution in [0.25, 0.3) is 0 Å². The number of carbonyl (C=O) groups is 1. The number of ether oxygens (including phenoxy) is 1. The van der Waals surface area contributed by atoms with Crippen molar-refractivity contribution in [3.8, 4) is 0 Å². The molecule has 18 heavy (non-hydrogen) atoms. The summed E-state index contributed by atoms with van der Waals surface area (Å²) in [6, 6.07) is 8.54. The summed E-state index contributed by atoms with van der Waals surface area (Å²) in [6.07, 6.45) is 3.97. The minimum Gasteiger partial charge on any atom is -0.354 e. The molecule has 1 heterocycles. The van der Waals surface area contributed by atoms with Crippen molar-refractivity contribution >= 4 is 6.29 Å². The van der Waals surface area contributed by atoms with E-state index in [1.54, 1.807) is 0 Å². The van der Waals surface area contributed by atoms with E-state index in [2.05, 4.69) is 45.0 Å². The van der Waals surface area contributed by atoms with Crippen LogP contribution in [0.1, 0.15) is 37.8 Å². The Hall–Kier alpha value is -1.15. The van der Waals surface area contributed by atoms with Gasteiger partial charge in [-0.15, -0.1) is 0 Å². The third-order valence-electron chi connectivity index (χ3n) is 4.93. The van der Waals surface area contributed by atoms with Gasteiger partial charge < -0.3 is 4.74 Å². The number of fused-ring (bicyclic) bond motifs is 1. The van der Waals surface area contributed by atoms with Crippen LogP contribution in [-0.2, 0) is 16.0 Å². The van der Waals surface area contributed by atoms with E-state index >= 15 is 0 Å². The largest absolute Gasteiger partial charge is 0.354 e. The SMILES string of the molecule is Cc1ccc(CC23CCC(C)(C)C2(C=O)O3)cc1. The number of aryl methyl sites for hydroxylation is 1. The average molecular weight is 244 g/mol. The van der Waals surface area contributed by atoms with Crippen LogP contribution in [0, 0.1) is 12.3 Å². The van der Waals surface area contributed by atoms with Crippen molar-refractivity contribution in [1.82, 2.24) is 0 Å². The van der Waals surface area contributed by atoms with Gasteiger partial charge in [-0.2, -0.15) is 0 Å². The summed E-state index contributed by atoms with van der Waals surface area (Å²) in [5, 5.41) is 0. The average Bonchev–Trinajstić information content (AvgIpc) is 2.95. The topological polar surface area (TPSA) is 29.6 Å². The van der Waals surface area contributed by atoms with Gasteiger partial charge in [0.1, 0.15) is 5.60 Å². The van der Waals surface area contributed by atoms with Crippen LogP contribution in [0.5, 0.6) is 0 Å². The minimum atomic E-state index is -0.537. The van der Waals surface area contributed by atoms with E-state index in [0.29, 0.717) is 0 Å². The highest BCUT2D eigenvalue weighted by Crippen LogP contribution is 2.68. The van der Waals surface area contributed by atoms with Crippen molar-refractivity contribution in [1.29, 1.82) is 0 Å². The third-order valence-corrected chi connectivity index (χ3v) is 4.93. The third kappa shape index (κ3) is 1.36. The number of carbonyl (C=O) groups excluding carboxylic acids is 1. The number of hydrogen-bond acceptors (Lipinski definition) is 2. The van der Waals surface area contributed by atoms with Gasteiger partial charge in [-0.3, -0.25) is 4.79 Å². The van der Waals surface area contributed by atoms with Crippen LogP contribution in [0.2, 0.25) is 0 Å². The molecule has 1 aliphatic carbocycles. The molecular weight excluding hydrogens is 224 g/mol. The molecule has 2 heteroatoms. The van der Waals surface area contributed by atoms with Gasteiger partial charge in [0, 0.05) is 11.8 Å². The van der Waals surface area contributed by atoms with Gasteiger partial charge in [0.05, 0.1) is 0 Å². The Morgan fingerprint density at radius 3 is 2.44 bits per heavy atom. The van der Waals surface area contributed by atoms with E-state index in [0.717, 1.165) is 25.5 Å². The summed E-state index contributed by atoms with van der Waals surface area (Å²) in [6.45, 7) is 6.38. The molecular formula is C16H20O2. The molecule has 0 amide bonds. The van der Waals surface area contributed by atoms with Crippen LogP contribution >= 0.6 is 0 Å². The molecule has 2 atom stereocenters. The molecule has 2 unspecified atom stereocenters. The zero-order valence-corrected chi connectivity index (χ0v) is 11.3. The lowest BCUT2D eigenvalue weighted by atomic mass is 9.77. The number of rotatable bonds is 3. The molecule has 1 aromatic rings. The molecule has 0 spiro atoms. The molecule has 2 fully saturated rings. The molecule has 1 aliphatic heterocycles. The van der Waals surface area contributed by atoms with Crippen molar-refractivity contribution in [2.75, 3.05) is 0 Å². The van der Waals surface area contributed by atoms with Crippen LogP contribution in [0.4, 0.5) is 0 Å². The first kappa shape index (κ1) is 11.9. The fourth-order valence-corrected chi connectivity index (χ4v) is 3.56. The highest BCUT2D eigenvalue weighted by Gasteiger charge is 2.79. The maximum Gasteiger partial charge on any atom is 0.158 e. The number of aldehydes is 1. The lowest BCUT2D eigenvalue weighted by Gasteiger charge is -2.23. The molecule has 1 saturated heterocycles. The van der Waals surface area contributed by atoms with E-state index < -0.39 is 5.60 Å². The summed E-state index contributed by atoms with van der Waals surface area (Å²) in [5.74, 6) is 0. The van der Waals surface area contributed by atoms with Gasteiger partial charge in [0.15, 0.2) is 11.9 Å². The quantitative estimate of drug-likeness (QED) is 0.604. The Morgan fingerprint density at radius 1 is 1.22 bits per heavy atom. The van der Waals surface area contributed by atoms with Crippen LogP contribution in [0.3, 0.4) is 0 Å². The van der Waals surface area contributed by atoms with Crippen LogP contribution < -0.4 is 0 Å². The fourth-order valence-electron chi connectivity index (χ4n) is 3.56. The smallest absolute Gasteiger partial charge is 0.158 e. The summed E-state index contributed by atoms with van der Waals surface area (Å²) >= 11 is 0. The predicted octanol–water partition coefficient (Wildman–Crippen LogP) is 3.06. The Kier molecular flexibility index (Phi) is 2.28. The molecule has 2 nitrogen and oxygen atoms in total. The van der Waals surface area contributed by atoms with Crippen molar-refractivity contribution in [3.05, 3.63) is 35.4 Å². The highest BCUT2D eigenvalue weighted by molar-refractivity contribution is 5.73. The highest BCUT2D eigenvalue weighted by atomic mass is 16.6. The van der Waals surface area contributed by atoms with Gasteiger partial charge in [-0.1, -0.05) is 43.7 Å². The van der Waals surface area contributed by atoms with Gasteiger partial charge in [0.25, 0.3) is 0 Å². The van der Waals surface area contributed by atoms with Crippen molar-refractivity contribution in [2.24, 2.45) is 5.41 Å². The summed E-state index contributed by atoms with van der Waals surface area (Å²) in [4.78, 5) is 11.5. The zero-order chi connectivity index (χ0) is 13.0. The van der Waals surface area contributed by atoms with E-state index in [9.17, 15) is 4.79 Å². The first-order valence-electron chi connectivity index (χ1n) is 6.67. The van der Waals surface area contributed by atoms with E-state index in [4.69, 9.17) is 4.74 Å². The standard InChI is InChI=1S/C16H20O2/c1-12-4-6-13(7-5-12)10-15-9-8-14(2,3)16(15,11-17)18-15/h4-7,11H,8-10H2,1-3H3. The second-order valence-corrected chi connectivity index (χ2v) is 6.50. The normalized spacial score (nSPS) is 36.2. The van der Waals surface area contributed by atoms with Crippen molar-refractivity contribution in [2.45, 2.75) is 51.2 Å².